The maximum atomic E-state index is 13.7. The number of benzene rings is 2. The predicted octanol–water partition coefficient (Wildman–Crippen LogP) is 5.71. The maximum absolute atomic E-state index is 13.7. The standard InChI is InChI=1S/C33H32N2O8S/c1-6-13-41-24-12-9-20(17-25(24)40-8-3)27-26(28(36)21-10-11-23-22(16-21)15-18(4)43-23)29(37)31(38)35(27)33-34-19(5)30(44-33)32(39)42-14-7-2/h6-7,9-12,16-18,27,36H,1-2,8,13-15H2,3-5H3/b28-26+/t18-,27+/m1/s1. The summed E-state index contributed by atoms with van der Waals surface area (Å²) in [5, 5.41) is 11.8. The lowest BCUT2D eigenvalue weighted by atomic mass is 9.94. The molecule has 3 heterocycles. The molecule has 0 unspecified atom stereocenters. The number of hydrogen-bond donors (Lipinski definition) is 1. The number of anilines is 1. The summed E-state index contributed by atoms with van der Waals surface area (Å²) >= 11 is 0.919. The Balaban J connectivity index is 1.68. The summed E-state index contributed by atoms with van der Waals surface area (Å²) in [5.74, 6) is -1.25. The largest absolute Gasteiger partial charge is 0.507 e. The van der Waals surface area contributed by atoms with Crippen molar-refractivity contribution in [1.29, 1.82) is 0 Å². The first kappa shape index (κ1) is 30.6. The van der Waals surface area contributed by atoms with Gasteiger partial charge in [0.2, 0.25) is 0 Å². The molecular weight excluding hydrogens is 584 g/mol. The van der Waals surface area contributed by atoms with Crippen LogP contribution in [0.4, 0.5) is 5.13 Å². The number of carbonyl (C=O) groups is 3. The number of aliphatic hydroxyl groups is 1. The Bertz CT molecular complexity index is 1690. The zero-order chi connectivity index (χ0) is 31.5. The molecule has 11 heteroatoms. The third kappa shape index (κ3) is 5.70. The third-order valence-corrected chi connectivity index (χ3v) is 8.20. The number of aryl methyl sites for hydroxylation is 1. The Morgan fingerprint density at radius 3 is 2.64 bits per heavy atom. The molecule has 0 bridgehead atoms. The molecule has 3 aromatic rings. The predicted molar refractivity (Wildman–Crippen MR) is 166 cm³/mol. The SMILES string of the molecule is C=CCOC(=O)c1sc(N2C(=O)C(=O)/C(=C(/O)c3ccc4c(c3)C[C@@H](C)O4)[C@@H]2c2ccc(OCC=C)c(OCC)c2)nc1C. The Morgan fingerprint density at radius 2 is 1.91 bits per heavy atom. The quantitative estimate of drug-likeness (QED) is 0.0949. The molecule has 228 valence electrons. The van der Waals surface area contributed by atoms with Gasteiger partial charge in [0.1, 0.15) is 35.7 Å². The summed E-state index contributed by atoms with van der Waals surface area (Å²) in [7, 11) is 0. The summed E-state index contributed by atoms with van der Waals surface area (Å²) in [5.41, 5.74) is 1.91. The lowest BCUT2D eigenvalue weighted by Gasteiger charge is -2.24. The Labute approximate surface area is 258 Å². The van der Waals surface area contributed by atoms with Crippen molar-refractivity contribution >= 4 is 39.9 Å². The van der Waals surface area contributed by atoms with E-state index in [-0.39, 0.29) is 40.7 Å². The van der Waals surface area contributed by atoms with Gasteiger partial charge in [0, 0.05) is 12.0 Å². The van der Waals surface area contributed by atoms with Gasteiger partial charge in [0.05, 0.1) is 23.9 Å². The molecule has 10 nitrogen and oxygen atoms in total. The fourth-order valence-corrected chi connectivity index (χ4v) is 6.16. The highest BCUT2D eigenvalue weighted by molar-refractivity contribution is 7.17. The summed E-state index contributed by atoms with van der Waals surface area (Å²) in [6.07, 6.45) is 3.66. The number of hydrogen-bond acceptors (Lipinski definition) is 10. The van der Waals surface area contributed by atoms with E-state index < -0.39 is 23.7 Å². The first-order chi connectivity index (χ1) is 21.2. The van der Waals surface area contributed by atoms with Crippen molar-refractivity contribution in [3.05, 3.63) is 94.5 Å². The van der Waals surface area contributed by atoms with E-state index >= 15 is 0 Å². The molecule has 1 aromatic heterocycles. The van der Waals surface area contributed by atoms with E-state index in [0.29, 0.717) is 47.1 Å². The number of aliphatic hydroxyl groups excluding tert-OH is 1. The third-order valence-electron chi connectivity index (χ3n) is 7.06. The van der Waals surface area contributed by atoms with Crippen LogP contribution in [0.1, 0.15) is 51.9 Å². The highest BCUT2D eigenvalue weighted by Gasteiger charge is 2.49. The summed E-state index contributed by atoms with van der Waals surface area (Å²) < 4.78 is 22.6. The van der Waals surface area contributed by atoms with Gasteiger partial charge in [-0.15, -0.1) is 0 Å². The Hall–Kier alpha value is -4.90. The van der Waals surface area contributed by atoms with Gasteiger partial charge in [-0.05, 0) is 62.2 Å². The number of aromatic nitrogens is 1. The van der Waals surface area contributed by atoms with Crippen molar-refractivity contribution in [3.8, 4) is 17.2 Å². The van der Waals surface area contributed by atoms with Gasteiger partial charge in [-0.2, -0.15) is 0 Å². The summed E-state index contributed by atoms with van der Waals surface area (Å²) in [4.78, 5) is 46.0. The first-order valence-electron chi connectivity index (χ1n) is 14.0. The maximum Gasteiger partial charge on any atom is 0.350 e. The molecule has 0 radical (unpaired) electrons. The smallest absolute Gasteiger partial charge is 0.350 e. The monoisotopic (exact) mass is 616 g/mol. The molecule has 0 spiro atoms. The van der Waals surface area contributed by atoms with E-state index in [0.717, 1.165) is 16.9 Å². The fraction of sp³-hybridized carbons (Fsp3) is 0.273. The second-order valence-electron chi connectivity index (χ2n) is 10.2. The molecule has 0 saturated carbocycles. The van der Waals surface area contributed by atoms with Gasteiger partial charge in [0.15, 0.2) is 16.6 Å². The van der Waals surface area contributed by atoms with Crippen LogP contribution in [0, 0.1) is 6.92 Å². The lowest BCUT2D eigenvalue weighted by Crippen LogP contribution is -2.29. The Kier molecular flexibility index (Phi) is 8.86. The van der Waals surface area contributed by atoms with E-state index in [1.54, 1.807) is 49.4 Å². The number of esters is 1. The highest BCUT2D eigenvalue weighted by Crippen LogP contribution is 2.46. The minimum Gasteiger partial charge on any atom is -0.507 e. The van der Waals surface area contributed by atoms with Crippen LogP contribution in [-0.4, -0.2) is 53.7 Å². The van der Waals surface area contributed by atoms with E-state index in [1.165, 1.54) is 11.0 Å². The number of ether oxygens (including phenoxy) is 4. The highest BCUT2D eigenvalue weighted by atomic mass is 32.1. The average Bonchev–Trinajstić information content (AvgIpc) is 3.66. The molecular formula is C33H32N2O8S. The summed E-state index contributed by atoms with van der Waals surface area (Å²) in [6, 6.07) is 9.07. The van der Waals surface area contributed by atoms with Crippen LogP contribution in [-0.2, 0) is 20.7 Å². The molecule has 5 rings (SSSR count). The van der Waals surface area contributed by atoms with E-state index in [9.17, 15) is 19.5 Å². The van der Waals surface area contributed by atoms with Crippen molar-refractivity contribution in [1.82, 2.24) is 4.98 Å². The number of rotatable bonds is 11. The molecule has 2 aliphatic heterocycles. The second-order valence-corrected chi connectivity index (χ2v) is 11.1. The molecule has 44 heavy (non-hydrogen) atoms. The number of ketones is 1. The fourth-order valence-electron chi connectivity index (χ4n) is 5.18. The number of carbonyl (C=O) groups excluding carboxylic acids is 3. The zero-order valence-corrected chi connectivity index (χ0v) is 25.4. The van der Waals surface area contributed by atoms with Crippen LogP contribution in [0.15, 0.2) is 67.3 Å². The molecule has 1 amide bonds. The zero-order valence-electron chi connectivity index (χ0n) is 24.6. The number of nitrogens with zero attached hydrogens (tertiary/aromatic N) is 2. The lowest BCUT2D eigenvalue weighted by molar-refractivity contribution is -0.132. The van der Waals surface area contributed by atoms with Gasteiger partial charge in [-0.1, -0.05) is 42.7 Å². The van der Waals surface area contributed by atoms with Crippen LogP contribution in [0.5, 0.6) is 17.2 Å². The van der Waals surface area contributed by atoms with Crippen molar-refractivity contribution in [2.45, 2.75) is 39.3 Å². The van der Waals surface area contributed by atoms with Gasteiger partial charge < -0.3 is 24.1 Å². The van der Waals surface area contributed by atoms with Gasteiger partial charge >= 0.3 is 11.9 Å². The van der Waals surface area contributed by atoms with Crippen LogP contribution in [0.25, 0.3) is 5.76 Å². The number of amides is 1. The molecule has 2 atom stereocenters. The number of thiazole rings is 1. The Morgan fingerprint density at radius 1 is 1.14 bits per heavy atom. The average molecular weight is 617 g/mol. The van der Waals surface area contributed by atoms with Crippen molar-refractivity contribution < 1.29 is 38.4 Å². The second kappa shape index (κ2) is 12.8. The van der Waals surface area contributed by atoms with Gasteiger partial charge in [-0.3, -0.25) is 14.5 Å². The van der Waals surface area contributed by atoms with Gasteiger partial charge in [-0.25, -0.2) is 9.78 Å². The van der Waals surface area contributed by atoms with Crippen LogP contribution < -0.4 is 19.1 Å². The molecule has 2 aliphatic rings. The molecule has 1 fully saturated rings. The van der Waals surface area contributed by atoms with Crippen LogP contribution in [0.3, 0.4) is 0 Å². The topological polar surface area (TPSA) is 124 Å². The number of Topliss-reactive ketones (excluding diaryl/α,β-unsaturated/α-hetero) is 1. The van der Waals surface area contributed by atoms with Crippen molar-refractivity contribution in [3.63, 3.8) is 0 Å². The molecule has 1 saturated heterocycles. The molecule has 1 N–H and O–H groups in total. The minimum absolute atomic E-state index is 0.00109. The molecule has 0 aliphatic carbocycles. The van der Waals surface area contributed by atoms with Crippen LogP contribution >= 0.6 is 11.3 Å². The first-order valence-corrected chi connectivity index (χ1v) is 14.9. The van der Waals surface area contributed by atoms with Crippen LogP contribution in [0.2, 0.25) is 0 Å². The van der Waals surface area contributed by atoms with E-state index in [2.05, 4.69) is 18.1 Å². The number of fused-ring (bicyclic) bond motifs is 1. The molecule has 2 aromatic carbocycles. The normalized spacial score (nSPS) is 18.5. The minimum atomic E-state index is -1.10. The van der Waals surface area contributed by atoms with Crippen molar-refractivity contribution in [2.75, 3.05) is 24.7 Å². The summed E-state index contributed by atoms with van der Waals surface area (Å²) in [6.45, 7) is 13.2. The van der Waals surface area contributed by atoms with Crippen molar-refractivity contribution in [2.24, 2.45) is 0 Å². The van der Waals surface area contributed by atoms with E-state index in [1.807, 2.05) is 13.8 Å². The van der Waals surface area contributed by atoms with E-state index in [4.69, 9.17) is 18.9 Å². The van der Waals surface area contributed by atoms with Gasteiger partial charge in [0.25, 0.3) is 5.78 Å².